The molecule has 1 aromatic heterocycles. The highest BCUT2D eigenvalue weighted by Gasteiger charge is 2.32. The van der Waals surface area contributed by atoms with Crippen LogP contribution < -0.4 is 26.6 Å². The SMILES string of the molecule is Cc1nc(NC2SC(C(N)=O)=CN2c2c(Cl)cccc2CN)cc(N2CCN(CCO)CC2)n1. The third kappa shape index (κ3) is 5.39. The summed E-state index contributed by atoms with van der Waals surface area (Å²) < 4.78 is 0. The molecule has 0 aliphatic carbocycles. The highest BCUT2D eigenvalue weighted by Crippen LogP contribution is 2.41. The second kappa shape index (κ2) is 10.8. The third-order valence-corrected chi connectivity index (χ3v) is 7.18. The molecular weight excluding hydrogens is 476 g/mol. The van der Waals surface area contributed by atoms with Crippen molar-refractivity contribution in [2.24, 2.45) is 11.5 Å². The Morgan fingerprint density at radius 3 is 2.74 bits per heavy atom. The van der Waals surface area contributed by atoms with E-state index in [0.29, 0.717) is 34.7 Å². The molecule has 3 heterocycles. The summed E-state index contributed by atoms with van der Waals surface area (Å²) in [6, 6.07) is 7.45. The van der Waals surface area contributed by atoms with Gasteiger partial charge in [-0.2, -0.15) is 0 Å². The lowest BCUT2D eigenvalue weighted by atomic mass is 10.1. The number of para-hydroxylation sites is 1. The standard InChI is InChI=1S/C22H29ClN8O2S/c1-14-26-18(11-19(27-14)30-7-5-29(6-8-30)9-10-32)28-22-31(13-17(34-22)21(25)33)20-15(12-24)3-2-4-16(20)23/h2-4,11,13,22,32H,5-10,12,24H2,1H3,(H2,25,33)(H,26,27,28). The summed E-state index contributed by atoms with van der Waals surface area (Å²) >= 11 is 7.83. The van der Waals surface area contributed by atoms with Crippen molar-refractivity contribution in [3.63, 3.8) is 0 Å². The number of aryl methyl sites for hydroxylation is 1. The van der Waals surface area contributed by atoms with Gasteiger partial charge in [-0.05, 0) is 18.6 Å². The summed E-state index contributed by atoms with van der Waals surface area (Å²) in [6.07, 6.45) is 1.69. The van der Waals surface area contributed by atoms with Crippen LogP contribution in [0.25, 0.3) is 0 Å². The number of anilines is 3. The smallest absolute Gasteiger partial charge is 0.256 e. The molecule has 0 radical (unpaired) electrons. The highest BCUT2D eigenvalue weighted by atomic mass is 35.5. The fourth-order valence-electron chi connectivity index (χ4n) is 4.07. The van der Waals surface area contributed by atoms with Crippen LogP contribution in [-0.4, -0.2) is 70.7 Å². The number of carbonyl (C=O) groups excluding carboxylic acids is 1. The van der Waals surface area contributed by atoms with E-state index in [9.17, 15) is 9.90 Å². The summed E-state index contributed by atoms with van der Waals surface area (Å²) in [5.41, 5.74) is 12.7. The molecule has 6 N–H and O–H groups in total. The number of aromatic nitrogens is 2. The number of benzene rings is 1. The maximum Gasteiger partial charge on any atom is 0.256 e. The molecule has 1 fully saturated rings. The van der Waals surface area contributed by atoms with Gasteiger partial charge in [0.2, 0.25) is 0 Å². The van der Waals surface area contributed by atoms with Crippen LogP contribution in [0.4, 0.5) is 17.3 Å². The first-order valence-electron chi connectivity index (χ1n) is 11.0. The molecule has 1 amide bonds. The number of primary amides is 1. The van der Waals surface area contributed by atoms with Crippen LogP contribution in [0.15, 0.2) is 35.4 Å². The van der Waals surface area contributed by atoms with Crippen molar-refractivity contribution >= 4 is 46.6 Å². The van der Waals surface area contributed by atoms with Crippen LogP contribution in [-0.2, 0) is 11.3 Å². The lowest BCUT2D eigenvalue weighted by molar-refractivity contribution is -0.113. The normalized spacial score (nSPS) is 18.8. The minimum absolute atomic E-state index is 0.162. The Morgan fingerprint density at radius 2 is 2.06 bits per heavy atom. The highest BCUT2D eigenvalue weighted by molar-refractivity contribution is 8.05. The number of hydrogen-bond acceptors (Lipinski definition) is 10. The number of aliphatic hydroxyl groups is 1. The number of nitrogens with one attached hydrogen (secondary N) is 1. The number of thioether (sulfide) groups is 1. The second-order valence-corrected chi connectivity index (χ2v) is 9.57. The molecule has 1 atom stereocenters. The van der Waals surface area contributed by atoms with Crippen molar-refractivity contribution in [3.05, 3.63) is 51.8 Å². The molecule has 10 nitrogen and oxygen atoms in total. The summed E-state index contributed by atoms with van der Waals surface area (Å²) in [5, 5.41) is 13.1. The van der Waals surface area contributed by atoms with E-state index in [4.69, 9.17) is 23.1 Å². The molecule has 12 heteroatoms. The number of halogens is 1. The molecule has 4 rings (SSSR count). The Balaban J connectivity index is 1.58. The van der Waals surface area contributed by atoms with E-state index in [1.807, 2.05) is 30.0 Å². The summed E-state index contributed by atoms with van der Waals surface area (Å²) in [4.78, 5) is 27.9. The van der Waals surface area contributed by atoms with Gasteiger partial charge in [0, 0.05) is 51.5 Å². The summed E-state index contributed by atoms with van der Waals surface area (Å²) in [6.45, 7) is 6.33. The predicted molar refractivity (Wildman–Crippen MR) is 137 cm³/mol. The number of hydrogen-bond donors (Lipinski definition) is 4. The molecule has 1 aromatic carbocycles. The van der Waals surface area contributed by atoms with Crippen molar-refractivity contribution in [1.29, 1.82) is 0 Å². The van der Waals surface area contributed by atoms with Crippen LogP contribution in [0.1, 0.15) is 11.4 Å². The van der Waals surface area contributed by atoms with Crippen LogP contribution >= 0.6 is 23.4 Å². The number of β-amino-alcohol motifs (C(OH)–C–C–N with tert-alkyl or cyclic N) is 1. The summed E-state index contributed by atoms with van der Waals surface area (Å²) in [7, 11) is 0. The zero-order valence-corrected chi connectivity index (χ0v) is 20.5. The Labute approximate surface area is 207 Å². The van der Waals surface area contributed by atoms with Gasteiger partial charge in [0.05, 0.1) is 22.2 Å². The van der Waals surface area contributed by atoms with E-state index in [0.717, 1.165) is 43.2 Å². The average Bonchev–Trinajstić information content (AvgIpc) is 3.22. The molecule has 1 unspecified atom stereocenters. The first-order valence-corrected chi connectivity index (χ1v) is 12.3. The van der Waals surface area contributed by atoms with Crippen molar-refractivity contribution < 1.29 is 9.90 Å². The first-order chi connectivity index (χ1) is 16.4. The average molecular weight is 505 g/mol. The Morgan fingerprint density at radius 1 is 1.29 bits per heavy atom. The number of nitrogens with zero attached hydrogens (tertiary/aromatic N) is 5. The first kappa shape index (κ1) is 24.6. The number of rotatable bonds is 8. The van der Waals surface area contributed by atoms with Gasteiger partial charge in [-0.1, -0.05) is 35.5 Å². The lowest BCUT2D eigenvalue weighted by Gasteiger charge is -2.35. The zero-order chi connectivity index (χ0) is 24.2. The topological polar surface area (TPSA) is 137 Å². The van der Waals surface area contributed by atoms with Crippen molar-refractivity contribution in [3.8, 4) is 0 Å². The van der Waals surface area contributed by atoms with E-state index < -0.39 is 11.4 Å². The fourth-order valence-corrected chi connectivity index (χ4v) is 5.36. The number of piperazine rings is 1. The van der Waals surface area contributed by atoms with E-state index in [2.05, 4.69) is 25.1 Å². The van der Waals surface area contributed by atoms with E-state index in [1.54, 1.807) is 12.3 Å². The number of nitrogens with two attached hydrogens (primary N) is 2. The molecule has 182 valence electrons. The van der Waals surface area contributed by atoms with Crippen LogP contribution in [0, 0.1) is 6.92 Å². The summed E-state index contributed by atoms with van der Waals surface area (Å²) in [5.74, 6) is 1.58. The van der Waals surface area contributed by atoms with E-state index in [-0.39, 0.29) is 6.61 Å². The minimum atomic E-state index is -0.513. The zero-order valence-electron chi connectivity index (χ0n) is 18.9. The second-order valence-electron chi connectivity index (χ2n) is 8.04. The molecule has 2 aliphatic heterocycles. The molecule has 2 aliphatic rings. The molecule has 0 bridgehead atoms. The quantitative estimate of drug-likeness (QED) is 0.416. The molecule has 34 heavy (non-hydrogen) atoms. The predicted octanol–water partition coefficient (Wildman–Crippen LogP) is 1.29. The number of aliphatic hydroxyl groups excluding tert-OH is 1. The van der Waals surface area contributed by atoms with Gasteiger partial charge in [-0.25, -0.2) is 9.97 Å². The Hall–Kier alpha value is -2.57. The molecular formula is C22H29ClN8O2S. The maximum absolute atomic E-state index is 12.0. The fraction of sp³-hybridized carbons (Fsp3) is 0.409. The van der Waals surface area contributed by atoms with E-state index in [1.165, 1.54) is 11.8 Å². The number of amides is 1. The third-order valence-electron chi connectivity index (χ3n) is 5.75. The Bertz CT molecular complexity index is 1080. The van der Waals surface area contributed by atoms with Gasteiger partial charge in [-0.15, -0.1) is 0 Å². The van der Waals surface area contributed by atoms with Crippen molar-refractivity contribution in [2.45, 2.75) is 19.0 Å². The van der Waals surface area contributed by atoms with Crippen LogP contribution in [0.2, 0.25) is 5.02 Å². The van der Waals surface area contributed by atoms with Crippen LogP contribution in [0.3, 0.4) is 0 Å². The Kier molecular flexibility index (Phi) is 7.79. The van der Waals surface area contributed by atoms with Crippen molar-refractivity contribution in [1.82, 2.24) is 14.9 Å². The molecule has 1 saturated heterocycles. The van der Waals surface area contributed by atoms with Crippen LogP contribution in [0.5, 0.6) is 0 Å². The minimum Gasteiger partial charge on any atom is -0.395 e. The van der Waals surface area contributed by atoms with Gasteiger partial charge in [-0.3, -0.25) is 9.69 Å². The van der Waals surface area contributed by atoms with Crippen molar-refractivity contribution in [2.75, 3.05) is 54.4 Å². The van der Waals surface area contributed by atoms with E-state index >= 15 is 0 Å². The molecule has 0 saturated carbocycles. The van der Waals surface area contributed by atoms with Gasteiger partial charge >= 0.3 is 0 Å². The van der Waals surface area contributed by atoms with Gasteiger partial charge < -0.3 is 31.7 Å². The largest absolute Gasteiger partial charge is 0.395 e. The van der Waals surface area contributed by atoms with Gasteiger partial charge in [0.25, 0.3) is 5.91 Å². The monoisotopic (exact) mass is 504 g/mol. The maximum atomic E-state index is 12.0. The lowest BCUT2D eigenvalue weighted by Crippen LogP contribution is -2.47. The van der Waals surface area contributed by atoms with Gasteiger partial charge in [0.1, 0.15) is 17.5 Å². The van der Waals surface area contributed by atoms with Gasteiger partial charge in [0.15, 0.2) is 5.50 Å². The molecule has 2 aromatic rings. The number of carbonyl (C=O) groups is 1. The molecule has 0 spiro atoms.